The summed E-state index contributed by atoms with van der Waals surface area (Å²) < 4.78 is 1.18. The van der Waals surface area contributed by atoms with Crippen LogP contribution in [0.15, 0.2) is 47.5 Å². The van der Waals surface area contributed by atoms with Crippen molar-refractivity contribution in [2.45, 2.75) is 0 Å². The van der Waals surface area contributed by atoms with E-state index in [9.17, 15) is 4.79 Å². The lowest BCUT2D eigenvalue weighted by Crippen LogP contribution is -2.21. The Morgan fingerprint density at radius 3 is 2.75 bits per heavy atom. The summed E-state index contributed by atoms with van der Waals surface area (Å²) in [5, 5.41) is 14.5. The first kappa shape index (κ1) is 12.3. The average molecular weight is 283 g/mol. The van der Waals surface area contributed by atoms with Crippen molar-refractivity contribution in [3.05, 3.63) is 63.7 Å². The number of fused-ring (bicyclic) bond motifs is 1. The van der Waals surface area contributed by atoms with E-state index in [1.54, 1.807) is 36.5 Å². The third kappa shape index (κ3) is 2.02. The third-order valence-corrected chi connectivity index (χ3v) is 3.08. The molecule has 0 fully saturated rings. The topological polar surface area (TPSA) is 71.6 Å². The molecule has 0 atom stereocenters. The van der Waals surface area contributed by atoms with Gasteiger partial charge in [-0.1, -0.05) is 17.7 Å². The van der Waals surface area contributed by atoms with Crippen LogP contribution >= 0.6 is 11.6 Å². The molecule has 0 spiro atoms. The van der Waals surface area contributed by atoms with Crippen molar-refractivity contribution in [3.8, 4) is 11.9 Å². The fourth-order valence-corrected chi connectivity index (χ4v) is 2.03. The van der Waals surface area contributed by atoms with E-state index >= 15 is 0 Å². The highest BCUT2D eigenvalue weighted by molar-refractivity contribution is 6.31. The molecule has 0 radical (unpaired) electrons. The molecule has 3 rings (SSSR count). The molecule has 20 heavy (non-hydrogen) atoms. The zero-order valence-electron chi connectivity index (χ0n) is 10.1. The van der Waals surface area contributed by atoms with E-state index in [-0.39, 0.29) is 5.56 Å². The fraction of sp³-hybridized carbons (Fsp3) is 0. The smallest absolute Gasteiger partial charge is 0.267 e. The number of pyridine rings is 1. The van der Waals surface area contributed by atoms with Gasteiger partial charge in [0.25, 0.3) is 5.56 Å². The monoisotopic (exact) mass is 282 g/mol. The molecule has 6 heteroatoms. The SMILES string of the molecule is N#Cc1ccc(-n2ncc3ccc(Cl)cc3c2=O)nc1. The molecule has 3 aromatic rings. The number of hydrogen-bond acceptors (Lipinski definition) is 4. The molecule has 0 unspecified atom stereocenters. The lowest BCUT2D eigenvalue weighted by Gasteiger charge is -2.05. The number of nitrogens with zero attached hydrogens (tertiary/aromatic N) is 4. The van der Waals surface area contributed by atoms with Crippen molar-refractivity contribution in [2.75, 3.05) is 0 Å². The van der Waals surface area contributed by atoms with Gasteiger partial charge in [-0.2, -0.15) is 15.0 Å². The third-order valence-electron chi connectivity index (χ3n) is 2.84. The molecule has 5 nitrogen and oxygen atoms in total. The summed E-state index contributed by atoms with van der Waals surface area (Å²) in [5.41, 5.74) is 0.118. The van der Waals surface area contributed by atoms with E-state index < -0.39 is 0 Å². The summed E-state index contributed by atoms with van der Waals surface area (Å²) in [7, 11) is 0. The van der Waals surface area contributed by atoms with Crippen LogP contribution in [0.5, 0.6) is 0 Å². The van der Waals surface area contributed by atoms with Gasteiger partial charge in [0.1, 0.15) is 6.07 Å². The molecular weight excluding hydrogens is 276 g/mol. The summed E-state index contributed by atoms with van der Waals surface area (Å²) in [6, 6.07) is 10.2. The van der Waals surface area contributed by atoms with Crippen LogP contribution < -0.4 is 5.56 Å². The minimum atomic E-state index is -0.304. The maximum absolute atomic E-state index is 12.4. The van der Waals surface area contributed by atoms with Crippen molar-refractivity contribution in [3.63, 3.8) is 0 Å². The van der Waals surface area contributed by atoms with Crippen molar-refractivity contribution < 1.29 is 0 Å². The van der Waals surface area contributed by atoms with Gasteiger partial charge in [-0.05, 0) is 24.3 Å². The Hall–Kier alpha value is -2.71. The zero-order chi connectivity index (χ0) is 14.1. The summed E-state index contributed by atoms with van der Waals surface area (Å²) >= 11 is 5.91. The molecule has 1 aromatic carbocycles. The van der Waals surface area contributed by atoms with Crippen LogP contribution in [-0.2, 0) is 0 Å². The molecule has 0 aliphatic carbocycles. The molecule has 0 bridgehead atoms. The first-order valence-corrected chi connectivity index (χ1v) is 6.11. The van der Waals surface area contributed by atoms with Gasteiger partial charge < -0.3 is 0 Å². The van der Waals surface area contributed by atoms with E-state index in [2.05, 4.69) is 10.1 Å². The number of nitriles is 1. The molecule has 0 saturated carbocycles. The van der Waals surface area contributed by atoms with Gasteiger partial charge in [0, 0.05) is 16.6 Å². The van der Waals surface area contributed by atoms with Crippen molar-refractivity contribution in [1.82, 2.24) is 14.8 Å². The Morgan fingerprint density at radius 1 is 1.20 bits per heavy atom. The first-order chi connectivity index (χ1) is 9.69. The highest BCUT2D eigenvalue weighted by atomic mass is 35.5. The first-order valence-electron chi connectivity index (χ1n) is 5.73. The van der Waals surface area contributed by atoms with Crippen LogP contribution in [0.25, 0.3) is 16.6 Å². The maximum Gasteiger partial charge on any atom is 0.280 e. The summed E-state index contributed by atoms with van der Waals surface area (Å²) in [5.74, 6) is 0.357. The van der Waals surface area contributed by atoms with Crippen LogP contribution in [-0.4, -0.2) is 14.8 Å². The van der Waals surface area contributed by atoms with E-state index in [1.165, 1.54) is 10.9 Å². The predicted molar refractivity (Wildman–Crippen MR) is 74.9 cm³/mol. The largest absolute Gasteiger partial charge is 0.280 e. The van der Waals surface area contributed by atoms with Gasteiger partial charge in [-0.15, -0.1) is 0 Å². The maximum atomic E-state index is 12.4. The van der Waals surface area contributed by atoms with Crippen LogP contribution in [0.1, 0.15) is 5.56 Å². The van der Waals surface area contributed by atoms with Gasteiger partial charge in [0.2, 0.25) is 0 Å². The highest BCUT2D eigenvalue weighted by Crippen LogP contribution is 2.15. The number of hydrogen-bond donors (Lipinski definition) is 0. The average Bonchev–Trinajstić information content (AvgIpc) is 2.48. The summed E-state index contributed by atoms with van der Waals surface area (Å²) in [6.07, 6.45) is 2.97. The van der Waals surface area contributed by atoms with Gasteiger partial charge in [0.05, 0.1) is 17.1 Å². The second-order valence-corrected chi connectivity index (χ2v) is 4.55. The Bertz CT molecular complexity index is 894. The highest BCUT2D eigenvalue weighted by Gasteiger charge is 2.07. The predicted octanol–water partition coefficient (Wildman–Crippen LogP) is 2.31. The van der Waals surface area contributed by atoms with E-state index in [0.717, 1.165) is 0 Å². The normalized spacial score (nSPS) is 10.4. The van der Waals surface area contributed by atoms with E-state index in [4.69, 9.17) is 16.9 Å². The Morgan fingerprint density at radius 2 is 2.05 bits per heavy atom. The Kier molecular flexibility index (Phi) is 2.93. The van der Waals surface area contributed by atoms with Gasteiger partial charge in [-0.25, -0.2) is 4.98 Å². The van der Waals surface area contributed by atoms with Crippen molar-refractivity contribution in [1.29, 1.82) is 5.26 Å². The molecule has 0 saturated heterocycles. The van der Waals surface area contributed by atoms with E-state index in [1.807, 2.05) is 6.07 Å². The van der Waals surface area contributed by atoms with Crippen LogP contribution in [0.2, 0.25) is 5.02 Å². The molecule has 0 N–H and O–H groups in total. The fourth-order valence-electron chi connectivity index (χ4n) is 1.85. The van der Waals surface area contributed by atoms with Crippen LogP contribution in [0.3, 0.4) is 0 Å². The quantitative estimate of drug-likeness (QED) is 0.686. The minimum absolute atomic E-state index is 0.304. The second-order valence-electron chi connectivity index (χ2n) is 4.11. The number of aromatic nitrogens is 3. The minimum Gasteiger partial charge on any atom is -0.267 e. The number of benzene rings is 1. The molecule has 0 aliphatic heterocycles. The Labute approximate surface area is 118 Å². The Balaban J connectivity index is 2.23. The molecule has 2 aromatic heterocycles. The molecule has 0 aliphatic rings. The van der Waals surface area contributed by atoms with Crippen molar-refractivity contribution in [2.24, 2.45) is 0 Å². The number of halogens is 1. The molecular formula is C14H7ClN4O. The van der Waals surface area contributed by atoms with Crippen LogP contribution in [0.4, 0.5) is 0 Å². The number of rotatable bonds is 1. The molecule has 96 valence electrons. The van der Waals surface area contributed by atoms with E-state index in [0.29, 0.717) is 27.2 Å². The molecule has 0 amide bonds. The zero-order valence-corrected chi connectivity index (χ0v) is 10.9. The van der Waals surface area contributed by atoms with Gasteiger partial charge in [0.15, 0.2) is 5.82 Å². The molecule has 2 heterocycles. The standard InChI is InChI=1S/C14H7ClN4O/c15-11-3-2-10-8-18-19(14(20)12(10)5-11)13-4-1-9(6-16)7-17-13/h1-5,7-8H. The lowest BCUT2D eigenvalue weighted by atomic mass is 10.2. The summed E-state index contributed by atoms with van der Waals surface area (Å²) in [6.45, 7) is 0. The van der Waals surface area contributed by atoms with Gasteiger partial charge >= 0.3 is 0 Å². The van der Waals surface area contributed by atoms with Gasteiger partial charge in [-0.3, -0.25) is 4.79 Å². The van der Waals surface area contributed by atoms with Crippen LogP contribution in [0, 0.1) is 11.3 Å². The lowest BCUT2D eigenvalue weighted by molar-refractivity contribution is 0.794. The summed E-state index contributed by atoms with van der Waals surface area (Å²) in [4.78, 5) is 16.4. The second kappa shape index (κ2) is 4.76. The van der Waals surface area contributed by atoms with Crippen molar-refractivity contribution >= 4 is 22.4 Å².